The van der Waals surface area contributed by atoms with Crippen LogP contribution in [0.15, 0.2) is 30.3 Å². The van der Waals surface area contributed by atoms with Gasteiger partial charge in [-0.3, -0.25) is 0 Å². The molecule has 1 fully saturated rings. The first kappa shape index (κ1) is 9.72. The molecule has 1 aliphatic carbocycles. The van der Waals surface area contributed by atoms with Gasteiger partial charge in [0.2, 0.25) is 0 Å². The predicted octanol–water partition coefficient (Wildman–Crippen LogP) is 2.78. The third-order valence-corrected chi connectivity index (χ3v) is 3.39. The van der Waals surface area contributed by atoms with Crippen molar-refractivity contribution in [3.63, 3.8) is 0 Å². The molecule has 1 heteroatoms. The Bertz CT molecular complexity index is 287. The van der Waals surface area contributed by atoms with Gasteiger partial charge in [-0.05, 0) is 36.7 Å². The minimum Gasteiger partial charge on any atom is -0.393 e. The van der Waals surface area contributed by atoms with E-state index in [-0.39, 0.29) is 11.5 Å². The normalized spacial score (nSPS) is 20.4. The van der Waals surface area contributed by atoms with Gasteiger partial charge < -0.3 is 5.11 Å². The molecule has 1 N–H and O–H groups in total. The lowest BCUT2D eigenvalue weighted by Crippen LogP contribution is -2.19. The molecule has 1 unspecified atom stereocenters. The largest absolute Gasteiger partial charge is 0.393 e. The fourth-order valence-corrected chi connectivity index (χ4v) is 1.83. The molecule has 0 saturated heterocycles. The average molecular weight is 190 g/mol. The van der Waals surface area contributed by atoms with Gasteiger partial charge in [0.15, 0.2) is 0 Å². The molecule has 0 heterocycles. The van der Waals surface area contributed by atoms with Crippen LogP contribution >= 0.6 is 0 Å². The van der Waals surface area contributed by atoms with E-state index in [0.717, 1.165) is 12.8 Å². The van der Waals surface area contributed by atoms with Gasteiger partial charge in [0.05, 0.1) is 6.10 Å². The van der Waals surface area contributed by atoms with E-state index in [1.54, 1.807) is 0 Å². The number of benzene rings is 1. The Kier molecular flexibility index (Phi) is 2.60. The summed E-state index contributed by atoms with van der Waals surface area (Å²) in [6.45, 7) is 2.18. The van der Waals surface area contributed by atoms with Gasteiger partial charge >= 0.3 is 0 Å². The lowest BCUT2D eigenvalue weighted by molar-refractivity contribution is 0.0945. The molecular weight excluding hydrogens is 172 g/mol. The second-order valence-electron chi connectivity index (χ2n) is 4.69. The topological polar surface area (TPSA) is 20.2 Å². The van der Waals surface area contributed by atoms with Crippen LogP contribution in [-0.2, 0) is 6.42 Å². The smallest absolute Gasteiger partial charge is 0.0597 e. The molecule has 0 spiro atoms. The van der Waals surface area contributed by atoms with Gasteiger partial charge in [-0.25, -0.2) is 0 Å². The minimum atomic E-state index is -0.109. The number of hydrogen-bond acceptors (Lipinski definition) is 1. The molecule has 1 atom stereocenters. The summed E-state index contributed by atoms with van der Waals surface area (Å²) in [5, 5.41) is 9.91. The highest BCUT2D eigenvalue weighted by Crippen LogP contribution is 2.49. The van der Waals surface area contributed by atoms with E-state index in [1.807, 2.05) is 6.07 Å². The van der Waals surface area contributed by atoms with E-state index in [9.17, 15) is 5.11 Å². The fraction of sp³-hybridized carbons (Fsp3) is 0.538. The molecule has 0 radical (unpaired) electrons. The standard InChI is InChI=1S/C13H18O/c1-13(9-10-13)12(14)8-7-11-5-3-2-4-6-11/h2-6,12,14H,7-10H2,1H3. The van der Waals surface area contributed by atoms with Crippen molar-refractivity contribution in [2.24, 2.45) is 5.41 Å². The Hall–Kier alpha value is -0.820. The van der Waals surface area contributed by atoms with Gasteiger partial charge in [-0.2, -0.15) is 0 Å². The quantitative estimate of drug-likeness (QED) is 0.774. The van der Waals surface area contributed by atoms with Gasteiger partial charge in [-0.15, -0.1) is 0 Å². The van der Waals surface area contributed by atoms with Crippen molar-refractivity contribution < 1.29 is 5.11 Å². The first-order chi connectivity index (χ1) is 6.71. The number of aryl methyl sites for hydroxylation is 1. The zero-order valence-corrected chi connectivity index (χ0v) is 8.74. The maximum atomic E-state index is 9.91. The minimum absolute atomic E-state index is 0.109. The zero-order valence-electron chi connectivity index (χ0n) is 8.74. The van der Waals surface area contributed by atoms with Gasteiger partial charge in [0.25, 0.3) is 0 Å². The van der Waals surface area contributed by atoms with Crippen LogP contribution in [0, 0.1) is 5.41 Å². The van der Waals surface area contributed by atoms with Crippen molar-refractivity contribution in [1.29, 1.82) is 0 Å². The van der Waals surface area contributed by atoms with E-state index in [0.29, 0.717) is 0 Å². The monoisotopic (exact) mass is 190 g/mol. The van der Waals surface area contributed by atoms with Crippen LogP contribution in [0.2, 0.25) is 0 Å². The van der Waals surface area contributed by atoms with Crippen molar-refractivity contribution in [2.45, 2.75) is 38.7 Å². The Morgan fingerprint density at radius 2 is 1.93 bits per heavy atom. The fourth-order valence-electron chi connectivity index (χ4n) is 1.83. The van der Waals surface area contributed by atoms with Crippen molar-refractivity contribution in [1.82, 2.24) is 0 Å². The molecule has 1 aliphatic rings. The maximum absolute atomic E-state index is 9.91. The second kappa shape index (κ2) is 3.74. The summed E-state index contributed by atoms with van der Waals surface area (Å²) in [6, 6.07) is 10.4. The van der Waals surface area contributed by atoms with Crippen LogP contribution in [0.25, 0.3) is 0 Å². The van der Waals surface area contributed by atoms with Gasteiger partial charge in [0, 0.05) is 0 Å². The van der Waals surface area contributed by atoms with Crippen LogP contribution in [-0.4, -0.2) is 11.2 Å². The molecular formula is C13H18O. The van der Waals surface area contributed by atoms with Gasteiger partial charge in [-0.1, -0.05) is 37.3 Å². The van der Waals surface area contributed by atoms with E-state index in [1.165, 1.54) is 18.4 Å². The Labute approximate surface area is 85.8 Å². The summed E-state index contributed by atoms with van der Waals surface area (Å²) >= 11 is 0. The third kappa shape index (κ3) is 2.16. The molecule has 1 aromatic carbocycles. The number of aliphatic hydroxyl groups excluding tert-OH is 1. The summed E-state index contributed by atoms with van der Waals surface area (Å²) in [6.07, 6.45) is 4.19. The molecule has 14 heavy (non-hydrogen) atoms. The van der Waals surface area contributed by atoms with Crippen molar-refractivity contribution in [3.05, 3.63) is 35.9 Å². The maximum Gasteiger partial charge on any atom is 0.0597 e. The first-order valence-electron chi connectivity index (χ1n) is 5.43. The molecule has 0 bridgehead atoms. The first-order valence-corrected chi connectivity index (χ1v) is 5.43. The SMILES string of the molecule is CC1(C(O)CCc2ccccc2)CC1. The average Bonchev–Trinajstić information content (AvgIpc) is 2.96. The highest BCUT2D eigenvalue weighted by atomic mass is 16.3. The van der Waals surface area contributed by atoms with Crippen molar-refractivity contribution in [3.8, 4) is 0 Å². The van der Waals surface area contributed by atoms with Crippen LogP contribution in [0.1, 0.15) is 31.7 Å². The lowest BCUT2D eigenvalue weighted by Gasteiger charge is -2.17. The summed E-state index contributed by atoms with van der Waals surface area (Å²) in [5.74, 6) is 0. The van der Waals surface area contributed by atoms with Crippen LogP contribution < -0.4 is 0 Å². The highest BCUT2D eigenvalue weighted by molar-refractivity contribution is 5.15. The molecule has 0 amide bonds. The Morgan fingerprint density at radius 1 is 1.29 bits per heavy atom. The van der Waals surface area contributed by atoms with Crippen molar-refractivity contribution in [2.75, 3.05) is 0 Å². The number of rotatable bonds is 4. The molecule has 1 saturated carbocycles. The van der Waals surface area contributed by atoms with E-state index in [2.05, 4.69) is 31.2 Å². The van der Waals surface area contributed by atoms with Crippen LogP contribution in [0.4, 0.5) is 0 Å². The summed E-state index contributed by atoms with van der Waals surface area (Å²) in [4.78, 5) is 0. The second-order valence-corrected chi connectivity index (χ2v) is 4.69. The predicted molar refractivity (Wildman–Crippen MR) is 58.1 cm³/mol. The number of hydrogen-bond donors (Lipinski definition) is 1. The summed E-state index contributed by atoms with van der Waals surface area (Å²) in [5.41, 5.74) is 1.57. The molecule has 76 valence electrons. The third-order valence-electron chi connectivity index (χ3n) is 3.39. The summed E-state index contributed by atoms with van der Waals surface area (Å²) in [7, 11) is 0. The van der Waals surface area contributed by atoms with E-state index < -0.39 is 0 Å². The highest BCUT2D eigenvalue weighted by Gasteiger charge is 2.43. The molecule has 1 aromatic rings. The lowest BCUT2D eigenvalue weighted by atomic mass is 9.95. The van der Waals surface area contributed by atoms with Crippen LogP contribution in [0.3, 0.4) is 0 Å². The van der Waals surface area contributed by atoms with E-state index >= 15 is 0 Å². The van der Waals surface area contributed by atoms with Crippen molar-refractivity contribution >= 4 is 0 Å². The molecule has 2 rings (SSSR count). The van der Waals surface area contributed by atoms with Gasteiger partial charge in [0.1, 0.15) is 0 Å². The number of aliphatic hydroxyl groups is 1. The molecule has 1 nitrogen and oxygen atoms in total. The Morgan fingerprint density at radius 3 is 2.50 bits per heavy atom. The molecule has 0 aromatic heterocycles. The Balaban J connectivity index is 1.83. The van der Waals surface area contributed by atoms with Crippen LogP contribution in [0.5, 0.6) is 0 Å². The zero-order chi connectivity index (χ0) is 10.0. The summed E-state index contributed by atoms with van der Waals surface area (Å²) < 4.78 is 0. The van der Waals surface area contributed by atoms with E-state index in [4.69, 9.17) is 0 Å². The molecule has 0 aliphatic heterocycles.